The second-order valence-electron chi connectivity index (χ2n) is 5.01. The summed E-state index contributed by atoms with van der Waals surface area (Å²) in [7, 11) is 1.71. The highest BCUT2D eigenvalue weighted by molar-refractivity contribution is 5.85. The van der Waals surface area contributed by atoms with Gasteiger partial charge in [-0.2, -0.15) is 5.26 Å². The van der Waals surface area contributed by atoms with E-state index in [1.165, 1.54) is 6.08 Å². The Morgan fingerprint density at radius 3 is 3.05 bits per heavy atom. The van der Waals surface area contributed by atoms with Crippen molar-refractivity contribution in [3.63, 3.8) is 0 Å². The molecule has 0 saturated carbocycles. The molecule has 1 heterocycles. The number of carboxylic acids is 1. The number of anilines is 1. The second-order valence-corrected chi connectivity index (χ2v) is 5.01. The molecule has 0 spiro atoms. The molecule has 1 aromatic carbocycles. The normalized spacial score (nSPS) is 18.7. The minimum Gasteiger partial charge on any atom is -0.478 e. The van der Waals surface area contributed by atoms with Crippen LogP contribution in [-0.4, -0.2) is 37.4 Å². The average Bonchev–Trinajstić information content (AvgIpc) is 2.52. The molecule has 1 N–H and O–H groups in total. The number of aliphatic carboxylic acids is 1. The molecule has 1 aliphatic rings. The summed E-state index contributed by atoms with van der Waals surface area (Å²) in [5, 5.41) is 18.0. The van der Waals surface area contributed by atoms with Crippen LogP contribution in [0.2, 0.25) is 0 Å². The second kappa shape index (κ2) is 6.91. The monoisotopic (exact) mass is 286 g/mol. The lowest BCUT2D eigenvalue weighted by Crippen LogP contribution is -2.39. The van der Waals surface area contributed by atoms with Gasteiger partial charge in [0.15, 0.2) is 0 Å². The molecule has 110 valence electrons. The van der Waals surface area contributed by atoms with E-state index >= 15 is 0 Å². The third-order valence-electron chi connectivity index (χ3n) is 3.61. The van der Waals surface area contributed by atoms with E-state index in [-0.39, 0.29) is 6.10 Å². The maximum Gasteiger partial charge on any atom is 0.328 e. The fourth-order valence-electron chi connectivity index (χ4n) is 2.54. The molecule has 0 amide bonds. The van der Waals surface area contributed by atoms with Crippen molar-refractivity contribution in [3.05, 3.63) is 35.4 Å². The number of ether oxygens (including phenoxy) is 1. The van der Waals surface area contributed by atoms with Gasteiger partial charge in [-0.1, -0.05) is 6.07 Å². The Bertz CT molecular complexity index is 590. The number of hydrogen-bond donors (Lipinski definition) is 1. The average molecular weight is 286 g/mol. The summed E-state index contributed by atoms with van der Waals surface area (Å²) >= 11 is 0. The highest BCUT2D eigenvalue weighted by atomic mass is 16.5. The van der Waals surface area contributed by atoms with Crippen LogP contribution in [0.15, 0.2) is 24.3 Å². The standard InChI is InChI=1S/C16H18N2O3/c1-21-14-3-2-8-18(11-14)15-6-4-12(5-7-16(19)20)9-13(15)10-17/h4-7,9,14H,2-3,8,11H2,1H3,(H,19,20)/b7-5+. The van der Waals surface area contributed by atoms with E-state index in [0.717, 1.165) is 37.7 Å². The fraction of sp³-hybridized carbons (Fsp3) is 0.375. The first-order valence-corrected chi connectivity index (χ1v) is 6.87. The largest absolute Gasteiger partial charge is 0.478 e. The van der Waals surface area contributed by atoms with Gasteiger partial charge in [0.25, 0.3) is 0 Å². The van der Waals surface area contributed by atoms with Gasteiger partial charge in [-0.25, -0.2) is 4.79 Å². The van der Waals surface area contributed by atoms with Gasteiger partial charge in [-0.15, -0.1) is 0 Å². The van der Waals surface area contributed by atoms with Crippen LogP contribution in [0.1, 0.15) is 24.0 Å². The molecule has 2 rings (SSSR count). The number of nitriles is 1. The molecule has 0 bridgehead atoms. The number of methoxy groups -OCH3 is 1. The maximum atomic E-state index is 10.5. The molecule has 1 unspecified atom stereocenters. The number of hydrogen-bond acceptors (Lipinski definition) is 4. The molecule has 1 aliphatic heterocycles. The Balaban J connectivity index is 2.24. The lowest BCUT2D eigenvalue weighted by Gasteiger charge is -2.34. The van der Waals surface area contributed by atoms with Crippen molar-refractivity contribution in [2.45, 2.75) is 18.9 Å². The zero-order valence-corrected chi connectivity index (χ0v) is 12.0. The molecule has 0 radical (unpaired) electrons. The van der Waals surface area contributed by atoms with Gasteiger partial charge in [0, 0.05) is 26.3 Å². The van der Waals surface area contributed by atoms with Crippen LogP contribution in [0.3, 0.4) is 0 Å². The van der Waals surface area contributed by atoms with Crippen molar-refractivity contribution in [1.29, 1.82) is 5.26 Å². The van der Waals surface area contributed by atoms with Crippen LogP contribution in [0, 0.1) is 11.3 Å². The predicted octanol–water partition coefficient (Wildman–Crippen LogP) is 2.27. The number of carbonyl (C=O) groups is 1. The highest BCUT2D eigenvalue weighted by Crippen LogP contribution is 2.26. The topological polar surface area (TPSA) is 73.6 Å². The Morgan fingerprint density at radius 2 is 2.38 bits per heavy atom. The summed E-state index contributed by atoms with van der Waals surface area (Å²) in [6.07, 6.45) is 4.81. The van der Waals surface area contributed by atoms with Crippen molar-refractivity contribution in [3.8, 4) is 6.07 Å². The molecule has 1 fully saturated rings. The maximum absolute atomic E-state index is 10.5. The summed E-state index contributed by atoms with van der Waals surface area (Å²) in [6.45, 7) is 1.67. The first-order chi connectivity index (χ1) is 10.1. The summed E-state index contributed by atoms with van der Waals surface area (Å²) < 4.78 is 5.40. The predicted molar refractivity (Wildman–Crippen MR) is 80.1 cm³/mol. The highest BCUT2D eigenvalue weighted by Gasteiger charge is 2.21. The molecule has 1 aromatic rings. The van der Waals surface area contributed by atoms with Crippen LogP contribution in [0.4, 0.5) is 5.69 Å². The summed E-state index contributed by atoms with van der Waals surface area (Å²) in [4.78, 5) is 12.7. The van der Waals surface area contributed by atoms with Crippen molar-refractivity contribution >= 4 is 17.7 Å². The summed E-state index contributed by atoms with van der Waals surface area (Å²) in [5.41, 5.74) is 2.14. The molecule has 1 atom stereocenters. The van der Waals surface area contributed by atoms with Crippen LogP contribution in [0.5, 0.6) is 0 Å². The summed E-state index contributed by atoms with van der Waals surface area (Å²) in [6, 6.07) is 7.60. The van der Waals surface area contributed by atoms with Gasteiger partial charge >= 0.3 is 5.97 Å². The van der Waals surface area contributed by atoms with E-state index in [9.17, 15) is 10.1 Å². The Labute approximate surface area is 124 Å². The molecule has 0 aliphatic carbocycles. The van der Waals surface area contributed by atoms with E-state index in [0.29, 0.717) is 11.1 Å². The lowest BCUT2D eigenvalue weighted by atomic mass is 10.0. The first kappa shape index (κ1) is 15.1. The van der Waals surface area contributed by atoms with E-state index in [1.807, 2.05) is 12.1 Å². The van der Waals surface area contributed by atoms with Gasteiger partial charge in [-0.3, -0.25) is 0 Å². The molecule has 1 saturated heterocycles. The van der Waals surface area contributed by atoms with Crippen molar-refractivity contribution in [2.24, 2.45) is 0 Å². The van der Waals surface area contributed by atoms with Crippen LogP contribution in [-0.2, 0) is 9.53 Å². The van der Waals surface area contributed by atoms with Gasteiger partial charge in [0.2, 0.25) is 0 Å². The minimum absolute atomic E-state index is 0.192. The lowest BCUT2D eigenvalue weighted by molar-refractivity contribution is -0.131. The van der Waals surface area contributed by atoms with Crippen molar-refractivity contribution < 1.29 is 14.6 Å². The van der Waals surface area contributed by atoms with Crippen molar-refractivity contribution in [1.82, 2.24) is 0 Å². The Morgan fingerprint density at radius 1 is 1.57 bits per heavy atom. The molecule has 21 heavy (non-hydrogen) atoms. The van der Waals surface area contributed by atoms with Crippen LogP contribution < -0.4 is 4.90 Å². The number of piperidine rings is 1. The quantitative estimate of drug-likeness (QED) is 0.859. The molecule has 0 aromatic heterocycles. The van der Waals surface area contributed by atoms with Crippen molar-refractivity contribution in [2.75, 3.05) is 25.1 Å². The number of rotatable bonds is 4. The molecular formula is C16H18N2O3. The van der Waals surface area contributed by atoms with Crippen LogP contribution in [0.25, 0.3) is 6.08 Å². The first-order valence-electron chi connectivity index (χ1n) is 6.87. The number of nitrogens with zero attached hydrogens (tertiary/aromatic N) is 2. The molecular weight excluding hydrogens is 268 g/mol. The van der Waals surface area contributed by atoms with E-state index < -0.39 is 5.97 Å². The van der Waals surface area contributed by atoms with E-state index in [4.69, 9.17) is 9.84 Å². The molecule has 5 heteroatoms. The third-order valence-corrected chi connectivity index (χ3v) is 3.61. The number of benzene rings is 1. The van der Waals surface area contributed by atoms with Gasteiger partial charge in [-0.05, 0) is 36.6 Å². The van der Waals surface area contributed by atoms with Gasteiger partial charge in [0.05, 0.1) is 17.4 Å². The van der Waals surface area contributed by atoms with Crippen LogP contribution >= 0.6 is 0 Å². The zero-order valence-electron chi connectivity index (χ0n) is 12.0. The molecule has 5 nitrogen and oxygen atoms in total. The number of carboxylic acid groups (broad SMARTS) is 1. The van der Waals surface area contributed by atoms with E-state index in [2.05, 4.69) is 11.0 Å². The Kier molecular flexibility index (Phi) is 4.96. The minimum atomic E-state index is -1.00. The Hall–Kier alpha value is -2.32. The SMILES string of the molecule is COC1CCCN(c2ccc(/C=C/C(=O)O)cc2C#N)C1. The fourth-order valence-corrected chi connectivity index (χ4v) is 2.54. The van der Waals surface area contributed by atoms with Gasteiger partial charge in [0.1, 0.15) is 6.07 Å². The van der Waals surface area contributed by atoms with E-state index in [1.54, 1.807) is 13.2 Å². The third kappa shape index (κ3) is 3.83. The zero-order chi connectivity index (χ0) is 15.2. The summed E-state index contributed by atoms with van der Waals surface area (Å²) in [5.74, 6) is -1.00. The smallest absolute Gasteiger partial charge is 0.328 e. The van der Waals surface area contributed by atoms with Gasteiger partial charge < -0.3 is 14.7 Å².